The zero-order valence-corrected chi connectivity index (χ0v) is 14.5. The summed E-state index contributed by atoms with van der Waals surface area (Å²) in [7, 11) is 1.30. The fourth-order valence-electron chi connectivity index (χ4n) is 4.25. The number of ketones is 1. The highest BCUT2D eigenvalue weighted by molar-refractivity contribution is 5.99. The van der Waals surface area contributed by atoms with Gasteiger partial charge in [0.2, 0.25) is 11.6 Å². The zero-order chi connectivity index (χ0) is 17.5. The van der Waals surface area contributed by atoms with Crippen molar-refractivity contribution in [3.05, 3.63) is 11.6 Å². The molecule has 138 valence electrons. The van der Waals surface area contributed by atoms with Crippen LogP contribution in [0.25, 0.3) is 0 Å². The normalized spacial score (nSPS) is 41.3. The molecule has 2 spiro atoms. The van der Waals surface area contributed by atoms with Crippen molar-refractivity contribution in [1.82, 2.24) is 0 Å². The van der Waals surface area contributed by atoms with Crippen LogP contribution in [0, 0.1) is 0 Å². The van der Waals surface area contributed by atoms with Crippen molar-refractivity contribution in [3.63, 3.8) is 0 Å². The van der Waals surface area contributed by atoms with Crippen molar-refractivity contribution in [1.29, 1.82) is 0 Å². The lowest BCUT2D eigenvalue weighted by atomic mass is 9.85. The fourth-order valence-corrected chi connectivity index (χ4v) is 4.25. The van der Waals surface area contributed by atoms with Gasteiger partial charge in [0.05, 0.1) is 20.3 Å². The molecule has 7 heteroatoms. The molecule has 3 heterocycles. The monoisotopic (exact) mass is 352 g/mol. The Labute approximate surface area is 146 Å². The van der Waals surface area contributed by atoms with Crippen molar-refractivity contribution in [2.24, 2.45) is 0 Å². The lowest BCUT2D eigenvalue weighted by molar-refractivity contribution is -0.471. The summed E-state index contributed by atoms with van der Waals surface area (Å²) in [4.78, 5) is 24.5. The third-order valence-corrected chi connectivity index (χ3v) is 5.49. The van der Waals surface area contributed by atoms with Gasteiger partial charge in [0.25, 0.3) is 0 Å². The number of ether oxygens (including phenoxy) is 5. The lowest BCUT2D eigenvalue weighted by Gasteiger charge is -2.57. The molecular weight excluding hydrogens is 328 g/mol. The number of Topliss-reactive ketones (excluding diaryl/α,β-unsaturated/α-hetero) is 1. The number of hydrogen-bond donors (Lipinski definition) is 0. The molecule has 7 nitrogen and oxygen atoms in total. The van der Waals surface area contributed by atoms with Crippen LogP contribution in [0.3, 0.4) is 0 Å². The highest BCUT2D eigenvalue weighted by Gasteiger charge is 2.64. The Morgan fingerprint density at radius 3 is 2.28 bits per heavy atom. The van der Waals surface area contributed by atoms with Crippen molar-refractivity contribution in [2.75, 3.05) is 20.3 Å². The van der Waals surface area contributed by atoms with Gasteiger partial charge in [-0.25, -0.2) is 4.79 Å². The first-order chi connectivity index (χ1) is 12.1. The van der Waals surface area contributed by atoms with E-state index < -0.39 is 29.8 Å². The number of carbonyl (C=O) groups excluding carboxylic acids is 2. The minimum Gasteiger partial charge on any atom is -0.466 e. The molecule has 0 aromatic carbocycles. The zero-order valence-electron chi connectivity index (χ0n) is 14.5. The second-order valence-corrected chi connectivity index (χ2v) is 7.06. The van der Waals surface area contributed by atoms with Gasteiger partial charge in [0.1, 0.15) is 12.2 Å². The van der Waals surface area contributed by atoms with Gasteiger partial charge in [-0.2, -0.15) is 0 Å². The summed E-state index contributed by atoms with van der Waals surface area (Å²) in [6, 6.07) is 0. The van der Waals surface area contributed by atoms with Crippen LogP contribution in [0.5, 0.6) is 0 Å². The van der Waals surface area contributed by atoms with Crippen LogP contribution in [-0.4, -0.2) is 55.9 Å². The largest absolute Gasteiger partial charge is 0.466 e. The van der Waals surface area contributed by atoms with Gasteiger partial charge in [-0.05, 0) is 31.8 Å². The predicted molar refractivity (Wildman–Crippen MR) is 84.5 cm³/mol. The van der Waals surface area contributed by atoms with Crippen LogP contribution in [0.4, 0.5) is 0 Å². The Kier molecular flexibility index (Phi) is 4.43. The Morgan fingerprint density at radius 2 is 1.72 bits per heavy atom. The minimum atomic E-state index is -1.04. The van der Waals surface area contributed by atoms with Crippen LogP contribution < -0.4 is 0 Å². The van der Waals surface area contributed by atoms with E-state index in [1.807, 2.05) is 0 Å². The van der Waals surface area contributed by atoms with Crippen molar-refractivity contribution >= 4 is 11.8 Å². The van der Waals surface area contributed by atoms with Crippen LogP contribution in [0.15, 0.2) is 11.6 Å². The standard InChI is InChI=1S/C18H24O7/c1-21-16(20)12-10-13(19)15-14(11-12)24-17(6-2-4-8-22-17)18(25-15)7-3-5-9-23-18/h11,14-15H,2-10H2,1H3/t14-,15-,17+,18+/m0/s1. The predicted octanol–water partition coefficient (Wildman–Crippen LogP) is 1.64. The number of esters is 1. The van der Waals surface area contributed by atoms with E-state index in [1.54, 1.807) is 6.08 Å². The molecule has 1 aliphatic carbocycles. The van der Waals surface area contributed by atoms with Crippen LogP contribution in [-0.2, 0) is 33.3 Å². The SMILES string of the molecule is COC(=O)C1=C[C@@H]2O[C@]3(CCCCO3)[C@@]3(CCCCO3)O[C@H]2C(=O)C1. The summed E-state index contributed by atoms with van der Waals surface area (Å²) in [5.74, 6) is -2.77. The first-order valence-electron chi connectivity index (χ1n) is 9.04. The average Bonchev–Trinajstić information content (AvgIpc) is 2.64. The molecule has 4 atom stereocenters. The molecule has 0 bridgehead atoms. The topological polar surface area (TPSA) is 80.3 Å². The van der Waals surface area contributed by atoms with Gasteiger partial charge in [0, 0.05) is 24.8 Å². The van der Waals surface area contributed by atoms with E-state index in [9.17, 15) is 9.59 Å². The number of methoxy groups -OCH3 is 1. The van der Waals surface area contributed by atoms with Crippen molar-refractivity contribution in [3.8, 4) is 0 Å². The highest BCUT2D eigenvalue weighted by atomic mass is 16.8. The van der Waals surface area contributed by atoms with Gasteiger partial charge < -0.3 is 23.7 Å². The molecule has 0 amide bonds. The third kappa shape index (κ3) is 2.73. The Bertz CT molecular complexity index is 584. The van der Waals surface area contributed by atoms with Crippen molar-refractivity contribution < 1.29 is 33.3 Å². The van der Waals surface area contributed by atoms with E-state index in [4.69, 9.17) is 23.7 Å². The number of hydrogen-bond acceptors (Lipinski definition) is 7. The maximum Gasteiger partial charge on any atom is 0.333 e. The Hall–Kier alpha value is -1.28. The van der Waals surface area contributed by atoms with E-state index in [-0.39, 0.29) is 12.2 Å². The molecule has 0 N–H and O–H groups in total. The number of fused-ring (bicyclic) bond motifs is 2. The molecule has 0 aromatic heterocycles. The minimum absolute atomic E-state index is 0.0128. The fraction of sp³-hybridized carbons (Fsp3) is 0.778. The maximum atomic E-state index is 12.6. The molecule has 3 fully saturated rings. The lowest BCUT2D eigenvalue weighted by Crippen LogP contribution is -2.71. The van der Waals surface area contributed by atoms with Gasteiger partial charge in [-0.15, -0.1) is 0 Å². The summed E-state index contributed by atoms with van der Waals surface area (Å²) < 4.78 is 29.5. The van der Waals surface area contributed by atoms with Gasteiger partial charge in [-0.1, -0.05) is 0 Å². The van der Waals surface area contributed by atoms with E-state index in [0.717, 1.165) is 25.7 Å². The summed E-state index contributed by atoms with van der Waals surface area (Å²) in [5.41, 5.74) is 0.309. The average molecular weight is 352 g/mol. The molecule has 0 saturated carbocycles. The van der Waals surface area contributed by atoms with Gasteiger partial charge in [-0.3, -0.25) is 4.79 Å². The quantitative estimate of drug-likeness (QED) is 0.664. The van der Waals surface area contributed by atoms with Crippen LogP contribution >= 0.6 is 0 Å². The number of rotatable bonds is 1. The van der Waals surface area contributed by atoms with Gasteiger partial charge in [0.15, 0.2) is 5.78 Å². The molecule has 3 aliphatic heterocycles. The molecule has 0 radical (unpaired) electrons. The summed E-state index contributed by atoms with van der Waals surface area (Å²) in [6.07, 6.45) is 5.26. The number of carbonyl (C=O) groups is 2. The Balaban J connectivity index is 1.69. The highest BCUT2D eigenvalue weighted by Crippen LogP contribution is 2.50. The summed E-state index contributed by atoms with van der Waals surface area (Å²) in [5, 5.41) is 0. The molecule has 0 aromatic rings. The van der Waals surface area contributed by atoms with E-state index >= 15 is 0 Å². The second-order valence-electron chi connectivity index (χ2n) is 7.06. The molecule has 25 heavy (non-hydrogen) atoms. The first-order valence-corrected chi connectivity index (χ1v) is 9.04. The van der Waals surface area contributed by atoms with Crippen LogP contribution in [0.1, 0.15) is 44.9 Å². The maximum absolute atomic E-state index is 12.6. The van der Waals surface area contributed by atoms with Crippen LogP contribution in [0.2, 0.25) is 0 Å². The third-order valence-electron chi connectivity index (χ3n) is 5.49. The van der Waals surface area contributed by atoms with E-state index in [1.165, 1.54) is 7.11 Å². The van der Waals surface area contributed by atoms with E-state index in [2.05, 4.69) is 0 Å². The smallest absolute Gasteiger partial charge is 0.333 e. The van der Waals surface area contributed by atoms with Gasteiger partial charge >= 0.3 is 5.97 Å². The molecule has 0 unspecified atom stereocenters. The molecule has 3 saturated heterocycles. The molecule has 4 aliphatic rings. The molecular formula is C18H24O7. The summed E-state index contributed by atoms with van der Waals surface area (Å²) in [6.45, 7) is 1.12. The first kappa shape index (κ1) is 17.1. The molecule has 4 rings (SSSR count). The van der Waals surface area contributed by atoms with E-state index in [0.29, 0.717) is 31.6 Å². The van der Waals surface area contributed by atoms with Crippen molar-refractivity contribution in [2.45, 2.75) is 68.7 Å². The second kappa shape index (κ2) is 6.46. The Morgan fingerprint density at radius 1 is 1.08 bits per heavy atom. The summed E-state index contributed by atoms with van der Waals surface area (Å²) >= 11 is 0.